The second kappa shape index (κ2) is 10.1. The van der Waals surface area contributed by atoms with E-state index in [1.54, 1.807) is 11.8 Å². The highest BCUT2D eigenvalue weighted by Gasteiger charge is 2.14. The van der Waals surface area contributed by atoms with Gasteiger partial charge in [0.2, 0.25) is 11.8 Å². The Labute approximate surface area is 169 Å². The molecule has 28 heavy (non-hydrogen) atoms. The number of nitrogens with zero attached hydrogens (tertiary/aromatic N) is 1. The summed E-state index contributed by atoms with van der Waals surface area (Å²) < 4.78 is 0. The lowest BCUT2D eigenvalue weighted by atomic mass is 9.87. The lowest BCUT2D eigenvalue weighted by Gasteiger charge is -2.21. The Morgan fingerprint density at radius 1 is 0.929 bits per heavy atom. The van der Waals surface area contributed by atoms with Crippen molar-refractivity contribution in [3.63, 3.8) is 0 Å². The van der Waals surface area contributed by atoms with Crippen LogP contribution in [0.3, 0.4) is 0 Å². The largest absolute Gasteiger partial charge is 0.342 e. The van der Waals surface area contributed by atoms with E-state index in [-0.39, 0.29) is 17.2 Å². The zero-order chi connectivity index (χ0) is 20.6. The number of amides is 2. The highest BCUT2D eigenvalue weighted by molar-refractivity contribution is 5.91. The fourth-order valence-corrected chi connectivity index (χ4v) is 3.06. The normalized spacial score (nSPS) is 11.1. The number of anilines is 1. The van der Waals surface area contributed by atoms with Gasteiger partial charge in [0.25, 0.3) is 0 Å². The number of rotatable bonds is 8. The molecule has 0 fully saturated rings. The van der Waals surface area contributed by atoms with Crippen molar-refractivity contribution in [2.75, 3.05) is 18.4 Å². The summed E-state index contributed by atoms with van der Waals surface area (Å²) in [5.74, 6) is -0.0618. The molecule has 2 amide bonds. The van der Waals surface area contributed by atoms with Crippen LogP contribution in [0.4, 0.5) is 5.69 Å². The summed E-state index contributed by atoms with van der Waals surface area (Å²) in [5, 5.41) is 2.92. The average molecular weight is 381 g/mol. The van der Waals surface area contributed by atoms with E-state index < -0.39 is 0 Å². The molecule has 0 spiro atoms. The molecular formula is C24H32N2O2. The van der Waals surface area contributed by atoms with E-state index in [0.29, 0.717) is 19.5 Å². The number of carbonyl (C=O) groups is 2. The number of hydrogen-bond acceptors (Lipinski definition) is 2. The number of benzene rings is 2. The van der Waals surface area contributed by atoms with E-state index >= 15 is 0 Å². The SMILES string of the molecule is CC(=O)N(CCCc1ccccc1)CCC(=O)Nc1ccc(C(C)(C)C)cc1. The summed E-state index contributed by atoms with van der Waals surface area (Å²) in [7, 11) is 0. The van der Waals surface area contributed by atoms with Crippen LogP contribution in [-0.2, 0) is 21.4 Å². The maximum absolute atomic E-state index is 12.3. The molecule has 0 bridgehead atoms. The number of carbonyl (C=O) groups excluding carboxylic acids is 2. The van der Waals surface area contributed by atoms with Crippen molar-refractivity contribution < 1.29 is 9.59 Å². The van der Waals surface area contributed by atoms with Crippen molar-refractivity contribution in [3.05, 3.63) is 65.7 Å². The predicted molar refractivity (Wildman–Crippen MR) is 115 cm³/mol. The van der Waals surface area contributed by atoms with Crippen LogP contribution in [0, 0.1) is 0 Å². The Bertz CT molecular complexity index is 761. The molecule has 0 aromatic heterocycles. The van der Waals surface area contributed by atoms with Gasteiger partial charge in [-0.05, 0) is 41.5 Å². The molecule has 0 unspecified atom stereocenters. The minimum Gasteiger partial charge on any atom is -0.342 e. The van der Waals surface area contributed by atoms with Gasteiger partial charge >= 0.3 is 0 Å². The predicted octanol–water partition coefficient (Wildman–Crippen LogP) is 4.79. The van der Waals surface area contributed by atoms with Crippen LogP contribution in [0.5, 0.6) is 0 Å². The van der Waals surface area contributed by atoms with Crippen LogP contribution in [0.15, 0.2) is 54.6 Å². The van der Waals surface area contributed by atoms with Gasteiger partial charge in [-0.3, -0.25) is 9.59 Å². The summed E-state index contributed by atoms with van der Waals surface area (Å²) in [6.07, 6.45) is 2.11. The summed E-state index contributed by atoms with van der Waals surface area (Å²) in [5.41, 5.74) is 3.37. The van der Waals surface area contributed by atoms with E-state index in [1.165, 1.54) is 11.1 Å². The lowest BCUT2D eigenvalue weighted by molar-refractivity contribution is -0.129. The van der Waals surface area contributed by atoms with Gasteiger partial charge in [-0.1, -0.05) is 63.2 Å². The maximum atomic E-state index is 12.3. The van der Waals surface area contributed by atoms with E-state index in [1.807, 2.05) is 42.5 Å². The van der Waals surface area contributed by atoms with Crippen molar-refractivity contribution in [3.8, 4) is 0 Å². The molecule has 0 aliphatic carbocycles. The third-order valence-corrected chi connectivity index (χ3v) is 4.83. The van der Waals surface area contributed by atoms with Crippen molar-refractivity contribution in [2.45, 2.75) is 52.4 Å². The molecule has 0 atom stereocenters. The molecule has 0 saturated carbocycles. The molecule has 0 aliphatic heterocycles. The first-order chi connectivity index (χ1) is 13.3. The van der Waals surface area contributed by atoms with Crippen LogP contribution >= 0.6 is 0 Å². The van der Waals surface area contributed by atoms with Gasteiger partial charge in [-0.15, -0.1) is 0 Å². The first kappa shape index (κ1) is 21.7. The standard InChI is InChI=1S/C24H32N2O2/c1-19(27)26(17-8-11-20-9-6-5-7-10-20)18-16-23(28)25-22-14-12-21(13-15-22)24(2,3)4/h5-7,9-10,12-15H,8,11,16-18H2,1-4H3,(H,25,28). The van der Waals surface area contributed by atoms with Gasteiger partial charge in [0.05, 0.1) is 0 Å². The quantitative estimate of drug-likeness (QED) is 0.715. The van der Waals surface area contributed by atoms with Crippen LogP contribution in [0.1, 0.15) is 51.7 Å². The molecule has 0 heterocycles. The Kier molecular flexibility index (Phi) is 7.80. The van der Waals surface area contributed by atoms with Gasteiger partial charge in [-0.25, -0.2) is 0 Å². The summed E-state index contributed by atoms with van der Waals surface area (Å²) >= 11 is 0. The fourth-order valence-electron chi connectivity index (χ4n) is 3.06. The summed E-state index contributed by atoms with van der Waals surface area (Å²) in [4.78, 5) is 25.9. The molecule has 2 rings (SSSR count). The molecule has 1 N–H and O–H groups in total. The molecule has 4 heteroatoms. The van der Waals surface area contributed by atoms with E-state index in [0.717, 1.165) is 18.5 Å². The van der Waals surface area contributed by atoms with Crippen LogP contribution in [-0.4, -0.2) is 29.8 Å². The Morgan fingerprint density at radius 3 is 2.14 bits per heavy atom. The summed E-state index contributed by atoms with van der Waals surface area (Å²) in [6.45, 7) is 9.15. The smallest absolute Gasteiger partial charge is 0.226 e. The first-order valence-electron chi connectivity index (χ1n) is 9.95. The second-order valence-electron chi connectivity index (χ2n) is 8.22. The number of nitrogens with one attached hydrogen (secondary N) is 1. The molecule has 2 aromatic rings. The van der Waals surface area contributed by atoms with Gasteiger partial charge in [0, 0.05) is 32.1 Å². The highest BCUT2D eigenvalue weighted by Crippen LogP contribution is 2.23. The minimum absolute atomic E-state index is 0.00962. The third-order valence-electron chi connectivity index (χ3n) is 4.83. The van der Waals surface area contributed by atoms with Gasteiger partial charge in [0.15, 0.2) is 0 Å². The molecule has 2 aromatic carbocycles. The minimum atomic E-state index is -0.0715. The van der Waals surface area contributed by atoms with Crippen molar-refractivity contribution in [1.29, 1.82) is 0 Å². The van der Waals surface area contributed by atoms with Gasteiger partial charge in [0.1, 0.15) is 0 Å². The second-order valence-corrected chi connectivity index (χ2v) is 8.22. The number of hydrogen-bond donors (Lipinski definition) is 1. The summed E-state index contributed by atoms with van der Waals surface area (Å²) in [6, 6.07) is 18.2. The van der Waals surface area contributed by atoms with Crippen molar-refractivity contribution in [2.24, 2.45) is 0 Å². The average Bonchev–Trinajstić information content (AvgIpc) is 2.64. The molecule has 0 aliphatic rings. The Hall–Kier alpha value is -2.62. The zero-order valence-corrected chi connectivity index (χ0v) is 17.5. The van der Waals surface area contributed by atoms with Crippen molar-refractivity contribution in [1.82, 2.24) is 4.90 Å². The van der Waals surface area contributed by atoms with Crippen LogP contribution < -0.4 is 5.32 Å². The number of aryl methyl sites for hydroxylation is 1. The maximum Gasteiger partial charge on any atom is 0.226 e. The van der Waals surface area contributed by atoms with E-state index in [2.05, 4.69) is 38.2 Å². The van der Waals surface area contributed by atoms with E-state index in [4.69, 9.17) is 0 Å². The van der Waals surface area contributed by atoms with Crippen LogP contribution in [0.2, 0.25) is 0 Å². The zero-order valence-electron chi connectivity index (χ0n) is 17.5. The van der Waals surface area contributed by atoms with Crippen LogP contribution in [0.25, 0.3) is 0 Å². The molecule has 4 nitrogen and oxygen atoms in total. The molecular weight excluding hydrogens is 348 g/mol. The Morgan fingerprint density at radius 2 is 1.57 bits per heavy atom. The van der Waals surface area contributed by atoms with Gasteiger partial charge < -0.3 is 10.2 Å². The molecule has 0 radical (unpaired) electrons. The Balaban J connectivity index is 1.79. The highest BCUT2D eigenvalue weighted by atomic mass is 16.2. The van der Waals surface area contributed by atoms with Gasteiger partial charge in [-0.2, -0.15) is 0 Å². The topological polar surface area (TPSA) is 49.4 Å². The molecule has 0 saturated heterocycles. The van der Waals surface area contributed by atoms with Crippen molar-refractivity contribution >= 4 is 17.5 Å². The lowest BCUT2D eigenvalue weighted by Crippen LogP contribution is -2.33. The fraction of sp³-hybridized carbons (Fsp3) is 0.417. The third kappa shape index (κ3) is 7.18. The van der Waals surface area contributed by atoms with E-state index in [9.17, 15) is 9.59 Å². The molecule has 150 valence electrons. The monoisotopic (exact) mass is 380 g/mol. The first-order valence-corrected chi connectivity index (χ1v) is 9.95.